The Labute approximate surface area is 214 Å². The first-order valence-electron chi connectivity index (χ1n) is 12.3. The van der Waals surface area contributed by atoms with E-state index in [0.717, 1.165) is 41.9 Å². The van der Waals surface area contributed by atoms with Crippen molar-refractivity contribution in [3.8, 4) is 0 Å². The van der Waals surface area contributed by atoms with Gasteiger partial charge in [0.2, 0.25) is 0 Å². The molecule has 0 saturated heterocycles. The van der Waals surface area contributed by atoms with Gasteiger partial charge in [-0.2, -0.15) is 5.21 Å². The lowest BCUT2D eigenvalue weighted by atomic mass is 10.0. The smallest absolute Gasteiger partial charge is 0.196 e. The molecule has 1 aliphatic heterocycles. The summed E-state index contributed by atoms with van der Waals surface area (Å²) in [5.41, 5.74) is 8.67. The van der Waals surface area contributed by atoms with Crippen LogP contribution in [0.1, 0.15) is 53.9 Å². The SMILES string of the molecule is CCc1nc2c(Cl)cc(C)nc2n1Cc1ccc2c(c1)CCc1ccccc1N2C(C)c1nn[nH]n1. The maximum Gasteiger partial charge on any atom is 0.196 e. The van der Waals surface area contributed by atoms with Gasteiger partial charge in [-0.1, -0.05) is 54.1 Å². The number of aryl methyl sites for hydroxylation is 4. The minimum Gasteiger partial charge on any atom is -0.330 e. The minimum atomic E-state index is -0.0776. The molecule has 9 heteroatoms. The third-order valence-corrected chi connectivity index (χ3v) is 7.25. The van der Waals surface area contributed by atoms with Crippen molar-refractivity contribution in [2.24, 2.45) is 0 Å². The van der Waals surface area contributed by atoms with Crippen molar-refractivity contribution in [1.82, 2.24) is 35.2 Å². The molecule has 3 aromatic heterocycles. The molecule has 1 atom stereocenters. The fraction of sp³-hybridized carbons (Fsp3) is 0.296. The van der Waals surface area contributed by atoms with Gasteiger partial charge in [-0.05, 0) is 61.6 Å². The second kappa shape index (κ2) is 9.02. The number of hydrogen-bond donors (Lipinski definition) is 1. The highest BCUT2D eigenvalue weighted by atomic mass is 35.5. The molecule has 0 radical (unpaired) electrons. The average molecular weight is 499 g/mol. The molecule has 0 bridgehead atoms. The number of fused-ring (bicyclic) bond motifs is 3. The average Bonchev–Trinajstić information content (AvgIpc) is 3.50. The predicted molar refractivity (Wildman–Crippen MR) is 141 cm³/mol. The maximum absolute atomic E-state index is 6.51. The summed E-state index contributed by atoms with van der Waals surface area (Å²) in [5, 5.41) is 15.6. The van der Waals surface area contributed by atoms with Gasteiger partial charge in [0.05, 0.1) is 17.6 Å². The van der Waals surface area contributed by atoms with Crippen molar-refractivity contribution in [3.63, 3.8) is 0 Å². The number of hydrogen-bond acceptors (Lipinski definition) is 6. The van der Waals surface area contributed by atoms with Gasteiger partial charge in [-0.25, -0.2) is 9.97 Å². The lowest BCUT2D eigenvalue weighted by Gasteiger charge is -2.31. The van der Waals surface area contributed by atoms with E-state index in [1.54, 1.807) is 0 Å². The van der Waals surface area contributed by atoms with Crippen LogP contribution in [0, 0.1) is 6.92 Å². The van der Waals surface area contributed by atoms with E-state index in [1.165, 1.54) is 28.1 Å². The van der Waals surface area contributed by atoms with Gasteiger partial charge >= 0.3 is 0 Å². The molecule has 0 amide bonds. The molecule has 1 unspecified atom stereocenters. The van der Waals surface area contributed by atoms with Crippen LogP contribution in [0.15, 0.2) is 48.5 Å². The lowest BCUT2D eigenvalue weighted by molar-refractivity contribution is 0.710. The van der Waals surface area contributed by atoms with E-state index in [1.807, 2.05) is 13.0 Å². The first-order valence-corrected chi connectivity index (χ1v) is 12.7. The van der Waals surface area contributed by atoms with Crippen molar-refractivity contribution in [2.75, 3.05) is 4.90 Å². The van der Waals surface area contributed by atoms with Crippen LogP contribution in [0.2, 0.25) is 5.02 Å². The number of aromatic amines is 1. The van der Waals surface area contributed by atoms with Gasteiger partial charge in [0, 0.05) is 23.5 Å². The van der Waals surface area contributed by atoms with E-state index in [-0.39, 0.29) is 6.04 Å². The Kier molecular flexibility index (Phi) is 5.68. The Bertz CT molecular complexity index is 1560. The highest BCUT2D eigenvalue weighted by Gasteiger charge is 2.28. The predicted octanol–water partition coefficient (Wildman–Crippen LogP) is 5.51. The van der Waals surface area contributed by atoms with E-state index >= 15 is 0 Å². The molecule has 1 N–H and O–H groups in total. The second-order valence-corrected chi connectivity index (χ2v) is 9.70. The van der Waals surface area contributed by atoms with Crippen LogP contribution >= 0.6 is 11.6 Å². The fourth-order valence-corrected chi connectivity index (χ4v) is 5.53. The number of halogens is 1. The minimum absolute atomic E-state index is 0.0776. The maximum atomic E-state index is 6.51. The van der Waals surface area contributed by atoms with Crippen LogP contribution in [0.4, 0.5) is 11.4 Å². The molecule has 4 heterocycles. The van der Waals surface area contributed by atoms with Crippen molar-refractivity contribution in [3.05, 3.63) is 87.6 Å². The third-order valence-electron chi connectivity index (χ3n) is 6.96. The van der Waals surface area contributed by atoms with E-state index < -0.39 is 0 Å². The summed E-state index contributed by atoms with van der Waals surface area (Å²) in [7, 11) is 0. The number of nitrogens with zero attached hydrogens (tertiary/aromatic N) is 7. The van der Waals surface area contributed by atoms with Gasteiger partial charge < -0.3 is 9.47 Å². The second-order valence-electron chi connectivity index (χ2n) is 9.29. The Morgan fingerprint density at radius 3 is 2.64 bits per heavy atom. The monoisotopic (exact) mass is 498 g/mol. The van der Waals surface area contributed by atoms with Gasteiger partial charge in [0.1, 0.15) is 11.3 Å². The molecule has 182 valence electrons. The van der Waals surface area contributed by atoms with Crippen LogP contribution in [-0.4, -0.2) is 35.2 Å². The number of pyridine rings is 1. The molecule has 36 heavy (non-hydrogen) atoms. The number of nitrogens with one attached hydrogen (secondary N) is 1. The Hall–Kier alpha value is -3.78. The van der Waals surface area contributed by atoms with Crippen molar-refractivity contribution < 1.29 is 0 Å². The molecule has 0 spiro atoms. The molecule has 0 aliphatic carbocycles. The van der Waals surface area contributed by atoms with Crippen molar-refractivity contribution in [1.29, 1.82) is 0 Å². The molecule has 8 nitrogen and oxygen atoms in total. The molecule has 2 aromatic carbocycles. The zero-order valence-corrected chi connectivity index (χ0v) is 21.3. The number of imidazole rings is 1. The summed E-state index contributed by atoms with van der Waals surface area (Å²) >= 11 is 6.51. The zero-order chi connectivity index (χ0) is 24.8. The van der Waals surface area contributed by atoms with Crippen LogP contribution in [0.25, 0.3) is 11.2 Å². The highest BCUT2D eigenvalue weighted by molar-refractivity contribution is 6.34. The summed E-state index contributed by atoms with van der Waals surface area (Å²) in [6.45, 7) is 6.89. The van der Waals surface area contributed by atoms with Crippen LogP contribution < -0.4 is 4.90 Å². The van der Waals surface area contributed by atoms with Crippen LogP contribution in [-0.2, 0) is 25.8 Å². The molecular weight excluding hydrogens is 472 g/mol. The van der Waals surface area contributed by atoms with E-state index in [0.29, 0.717) is 17.4 Å². The fourth-order valence-electron chi connectivity index (χ4n) is 5.24. The quantitative estimate of drug-likeness (QED) is 0.343. The highest BCUT2D eigenvalue weighted by Crippen LogP contribution is 2.41. The normalized spacial score (nSPS) is 13.9. The van der Waals surface area contributed by atoms with Crippen molar-refractivity contribution >= 4 is 34.1 Å². The molecule has 0 saturated carbocycles. The van der Waals surface area contributed by atoms with E-state index in [2.05, 4.69) is 86.4 Å². The standard InChI is InChI=1S/C27H27ClN8/c1-4-24-30-25-21(28)13-16(2)29-27(25)35(24)15-18-9-12-23-20(14-18)11-10-19-7-5-6-8-22(19)36(23)17(3)26-31-33-34-32-26/h5-9,12-14,17H,4,10-11,15H2,1-3H3,(H,31,32,33,34). The van der Waals surface area contributed by atoms with Gasteiger partial charge in [0.25, 0.3) is 0 Å². The zero-order valence-electron chi connectivity index (χ0n) is 20.5. The molecule has 6 rings (SSSR count). The largest absolute Gasteiger partial charge is 0.330 e. The van der Waals surface area contributed by atoms with Gasteiger partial charge in [0.15, 0.2) is 11.5 Å². The number of H-pyrrole nitrogens is 1. The summed E-state index contributed by atoms with van der Waals surface area (Å²) in [6, 6.07) is 17.1. The van der Waals surface area contributed by atoms with Gasteiger partial charge in [-0.3, -0.25) is 0 Å². The lowest BCUT2D eigenvalue weighted by Crippen LogP contribution is -2.23. The van der Waals surface area contributed by atoms with E-state index in [9.17, 15) is 0 Å². The van der Waals surface area contributed by atoms with E-state index in [4.69, 9.17) is 21.6 Å². The number of anilines is 2. The first-order chi connectivity index (χ1) is 17.5. The molecular formula is C27H27ClN8. The first kappa shape index (κ1) is 22.7. The number of rotatable bonds is 5. The van der Waals surface area contributed by atoms with Gasteiger partial charge in [-0.15, -0.1) is 10.2 Å². The third kappa shape index (κ3) is 3.82. The van der Waals surface area contributed by atoms with Crippen LogP contribution in [0.3, 0.4) is 0 Å². The molecule has 1 aliphatic rings. The Balaban J connectivity index is 1.43. The number of para-hydroxylation sites is 1. The summed E-state index contributed by atoms with van der Waals surface area (Å²) in [4.78, 5) is 11.9. The van der Waals surface area contributed by atoms with Crippen LogP contribution in [0.5, 0.6) is 0 Å². The number of tetrazole rings is 1. The Morgan fingerprint density at radius 1 is 1.03 bits per heavy atom. The summed E-state index contributed by atoms with van der Waals surface area (Å²) < 4.78 is 2.20. The molecule has 5 aromatic rings. The molecule has 0 fully saturated rings. The Morgan fingerprint density at radius 2 is 1.83 bits per heavy atom. The topological polar surface area (TPSA) is 88.4 Å². The number of benzene rings is 2. The summed E-state index contributed by atoms with van der Waals surface area (Å²) in [6.07, 6.45) is 2.72. The summed E-state index contributed by atoms with van der Waals surface area (Å²) in [5.74, 6) is 1.65. The van der Waals surface area contributed by atoms with Crippen molar-refractivity contribution in [2.45, 2.75) is 52.6 Å². The number of aromatic nitrogens is 7.